The predicted molar refractivity (Wildman–Crippen MR) is 55.8 cm³/mol. The molecule has 0 unspecified atom stereocenters. The Morgan fingerprint density at radius 1 is 0.800 bits per heavy atom. The number of methoxy groups -OCH3 is 3. The van der Waals surface area contributed by atoms with Gasteiger partial charge in [-0.05, 0) is 0 Å². The maximum atomic E-state index is 5.21. The van der Waals surface area contributed by atoms with Gasteiger partial charge >= 0.3 is 5.95 Å². The van der Waals surface area contributed by atoms with Crippen molar-refractivity contribution in [1.29, 1.82) is 0 Å². The van der Waals surface area contributed by atoms with Crippen LogP contribution >= 0.6 is 0 Å². The maximum absolute atomic E-state index is 5.21. The first-order chi connectivity index (χ1) is 7.26. The van der Waals surface area contributed by atoms with Crippen LogP contribution in [0.3, 0.4) is 0 Å². The molecule has 0 heterocycles. The Morgan fingerprint density at radius 2 is 1.20 bits per heavy atom. The maximum Gasteiger partial charge on any atom is 0.316 e. The molecule has 0 N–H and O–H groups in total. The lowest BCUT2D eigenvalue weighted by molar-refractivity contribution is -0.108. The fourth-order valence-electron chi connectivity index (χ4n) is 0.676. The van der Waals surface area contributed by atoms with E-state index >= 15 is 0 Å². The van der Waals surface area contributed by atoms with Crippen LogP contribution in [-0.4, -0.2) is 52.0 Å². The number of rotatable bonds is 9. The van der Waals surface area contributed by atoms with Crippen molar-refractivity contribution in [1.82, 2.24) is 0 Å². The lowest BCUT2D eigenvalue weighted by atomic mass is 10.9. The molecule has 0 saturated heterocycles. The smallest absolute Gasteiger partial charge is 0.316 e. The average molecular weight is 238 g/mol. The normalized spacial score (nSPS) is 9.80. The molecular weight excluding hydrogens is 220 g/mol. The van der Waals surface area contributed by atoms with Crippen molar-refractivity contribution >= 4 is 10.2 Å². The summed E-state index contributed by atoms with van der Waals surface area (Å²) in [5.41, 5.74) is 0. The van der Waals surface area contributed by atoms with Gasteiger partial charge in [0.15, 0.2) is 20.4 Å². The van der Waals surface area contributed by atoms with Crippen LogP contribution in [0.5, 0.6) is 0 Å². The summed E-state index contributed by atoms with van der Waals surface area (Å²) >= 11 is 0. The van der Waals surface area contributed by atoms with E-state index in [1.54, 1.807) is 7.11 Å². The minimum atomic E-state index is 0.0983. The Morgan fingerprint density at radius 3 is 1.60 bits per heavy atom. The van der Waals surface area contributed by atoms with Crippen molar-refractivity contribution in [2.24, 2.45) is 0 Å². The van der Waals surface area contributed by atoms with Crippen LogP contribution in [0.1, 0.15) is 0 Å². The van der Waals surface area contributed by atoms with Gasteiger partial charge in [-0.1, -0.05) is 0 Å². The summed E-state index contributed by atoms with van der Waals surface area (Å²) in [5, 5.41) is 0.603. The lowest BCUT2D eigenvalue weighted by Gasteiger charge is -2.14. The third kappa shape index (κ3) is 7.20. The lowest BCUT2D eigenvalue weighted by Crippen LogP contribution is -2.09. The van der Waals surface area contributed by atoms with Gasteiger partial charge in [0.2, 0.25) is 0 Å². The molecule has 0 fully saturated rings. The van der Waals surface area contributed by atoms with E-state index in [-0.39, 0.29) is 26.3 Å². The van der Waals surface area contributed by atoms with Crippen LogP contribution in [0.25, 0.3) is 0 Å². The third-order valence-corrected chi connectivity index (χ3v) is 1.99. The topological polar surface area (TPSA) is 55.4 Å². The van der Waals surface area contributed by atoms with Crippen molar-refractivity contribution in [2.75, 3.05) is 41.7 Å². The summed E-state index contributed by atoms with van der Waals surface area (Å²) in [4.78, 5) is 0. The number of hydrogen-bond donors (Lipinski definition) is 0. The second-order valence-electron chi connectivity index (χ2n) is 2.50. The molecule has 0 aromatic heterocycles. The average Bonchev–Trinajstić information content (AvgIpc) is 2.26. The van der Waals surface area contributed by atoms with E-state index in [1.807, 2.05) is 0 Å². The zero-order chi connectivity index (χ0) is 11.5. The predicted octanol–water partition coefficient (Wildman–Crippen LogP) is -0.660. The van der Waals surface area contributed by atoms with Crippen molar-refractivity contribution < 1.29 is 28.4 Å². The summed E-state index contributed by atoms with van der Waals surface area (Å²) in [6, 6.07) is 0. The molecular formula is C8H18O6Si. The minimum Gasteiger partial charge on any atom is -0.471 e. The fraction of sp³-hybridized carbons (Fsp3) is 0.750. The zero-order valence-corrected chi connectivity index (χ0v) is 11.6. The molecule has 0 aliphatic heterocycles. The highest BCUT2D eigenvalue weighted by Crippen LogP contribution is 2.07. The summed E-state index contributed by atoms with van der Waals surface area (Å²) < 4.78 is 29.8. The van der Waals surface area contributed by atoms with Gasteiger partial charge in [0.05, 0.1) is 10.2 Å². The summed E-state index contributed by atoms with van der Waals surface area (Å²) in [7, 11) is 5.23. The molecule has 0 rings (SSSR count). The van der Waals surface area contributed by atoms with Gasteiger partial charge in [0.25, 0.3) is 0 Å². The molecule has 15 heavy (non-hydrogen) atoms. The first-order valence-electron chi connectivity index (χ1n) is 4.32. The van der Waals surface area contributed by atoms with Crippen LogP contribution in [-0.2, 0) is 28.4 Å². The van der Waals surface area contributed by atoms with Gasteiger partial charge in [0, 0.05) is 21.3 Å². The molecule has 0 amide bonds. The van der Waals surface area contributed by atoms with Crippen molar-refractivity contribution in [3.05, 3.63) is 11.3 Å². The van der Waals surface area contributed by atoms with Crippen molar-refractivity contribution in [3.63, 3.8) is 0 Å². The van der Waals surface area contributed by atoms with Crippen LogP contribution in [0.2, 0.25) is 0 Å². The highest BCUT2D eigenvalue weighted by atomic mass is 28.1. The molecule has 6 nitrogen and oxygen atoms in total. The first-order valence-corrected chi connectivity index (χ1v) is 5.32. The van der Waals surface area contributed by atoms with Crippen LogP contribution in [0, 0.1) is 0 Å². The quantitative estimate of drug-likeness (QED) is 0.302. The van der Waals surface area contributed by atoms with Crippen molar-refractivity contribution in [2.45, 2.75) is 0 Å². The first kappa shape index (κ1) is 14.2. The van der Waals surface area contributed by atoms with Gasteiger partial charge in [-0.2, -0.15) is 0 Å². The minimum absolute atomic E-state index is 0.0983. The second kappa shape index (κ2) is 9.78. The monoisotopic (exact) mass is 238 g/mol. The molecule has 0 saturated carbocycles. The van der Waals surface area contributed by atoms with E-state index in [1.165, 1.54) is 14.2 Å². The van der Waals surface area contributed by atoms with Crippen molar-refractivity contribution in [3.8, 4) is 0 Å². The van der Waals surface area contributed by atoms with E-state index in [0.29, 0.717) is 15.6 Å². The number of hydrogen-bond acceptors (Lipinski definition) is 6. The fourth-order valence-corrected chi connectivity index (χ4v) is 1.08. The Hall–Kier alpha value is -0.763. The van der Waals surface area contributed by atoms with Gasteiger partial charge < -0.3 is 28.4 Å². The van der Waals surface area contributed by atoms with Crippen LogP contribution in [0.4, 0.5) is 0 Å². The molecule has 0 radical (unpaired) electrons. The molecule has 7 heteroatoms. The second-order valence-corrected chi connectivity index (χ2v) is 3.40. The highest BCUT2D eigenvalue weighted by Gasteiger charge is 2.06. The molecule has 0 atom stereocenters. The van der Waals surface area contributed by atoms with E-state index < -0.39 is 0 Å². The standard InChI is InChI=1S/C8H18O6Si/c1-9-4-12-7(13-5-10-2)8(15)14-6-11-3/h4-6H2,1-3,15H3. The largest absolute Gasteiger partial charge is 0.471 e. The van der Waals surface area contributed by atoms with Gasteiger partial charge in [-0.25, -0.2) is 0 Å². The summed E-state index contributed by atoms with van der Waals surface area (Å²) in [6.07, 6.45) is 0. The molecule has 0 aliphatic carbocycles. The Balaban J connectivity index is 4.14. The van der Waals surface area contributed by atoms with Gasteiger partial charge in [0.1, 0.15) is 5.38 Å². The van der Waals surface area contributed by atoms with Crippen LogP contribution in [0.15, 0.2) is 11.3 Å². The SMILES string of the molecule is COCOC([SiH3])=C(OCOC)OCOC. The molecule has 0 aliphatic rings. The Kier molecular flexibility index (Phi) is 9.28. The van der Waals surface area contributed by atoms with E-state index in [0.717, 1.165) is 0 Å². The Bertz CT molecular complexity index is 174. The highest BCUT2D eigenvalue weighted by molar-refractivity contribution is 6.20. The van der Waals surface area contributed by atoms with E-state index in [2.05, 4.69) is 0 Å². The van der Waals surface area contributed by atoms with Gasteiger partial charge in [-0.3, -0.25) is 0 Å². The Labute approximate surface area is 92.5 Å². The third-order valence-electron chi connectivity index (χ3n) is 1.30. The number of ether oxygens (including phenoxy) is 6. The zero-order valence-electron chi connectivity index (χ0n) is 9.57. The summed E-state index contributed by atoms with van der Waals surface area (Å²) in [5.74, 6) is 0.280. The molecule has 0 spiro atoms. The van der Waals surface area contributed by atoms with E-state index in [4.69, 9.17) is 28.4 Å². The molecule has 0 aromatic rings. The van der Waals surface area contributed by atoms with Gasteiger partial charge in [-0.15, -0.1) is 0 Å². The summed E-state index contributed by atoms with van der Waals surface area (Å²) in [6.45, 7) is 0.358. The van der Waals surface area contributed by atoms with E-state index in [9.17, 15) is 0 Å². The molecule has 0 aromatic carbocycles. The van der Waals surface area contributed by atoms with Crippen LogP contribution < -0.4 is 0 Å². The molecule has 0 bridgehead atoms. The molecule has 90 valence electrons.